The highest BCUT2D eigenvalue weighted by Gasteiger charge is 2.51. The molecule has 0 aliphatic carbocycles. The van der Waals surface area contributed by atoms with Crippen LogP contribution < -0.4 is 10.1 Å². The molecular formula is C27H40N2O5. The number of rotatable bonds is 3. The summed E-state index contributed by atoms with van der Waals surface area (Å²) in [5.74, 6) is 1.26. The molecule has 1 aromatic rings. The predicted molar refractivity (Wildman–Crippen MR) is 130 cm³/mol. The summed E-state index contributed by atoms with van der Waals surface area (Å²) in [6.07, 6.45) is 1.30. The highest BCUT2D eigenvalue weighted by Crippen LogP contribution is 2.52. The van der Waals surface area contributed by atoms with Crippen LogP contribution in [0.15, 0.2) is 24.3 Å². The van der Waals surface area contributed by atoms with Crippen LogP contribution >= 0.6 is 0 Å². The minimum absolute atomic E-state index is 0.0145. The monoisotopic (exact) mass is 472 g/mol. The molecule has 5 atom stereocenters. The molecule has 1 N–H and O–H groups in total. The van der Waals surface area contributed by atoms with Gasteiger partial charge in [0.05, 0.1) is 12.2 Å². The normalized spacial score (nSPS) is 28.6. The van der Waals surface area contributed by atoms with Crippen molar-refractivity contribution < 1.29 is 23.8 Å². The number of benzene rings is 1. The number of hydrogen-bond donors (Lipinski definition) is 1. The number of nitrogens with zero attached hydrogens (tertiary/aromatic N) is 1. The van der Waals surface area contributed by atoms with E-state index in [-0.39, 0.29) is 41.5 Å². The number of piperidine rings is 1. The molecule has 0 bridgehead atoms. The highest BCUT2D eigenvalue weighted by molar-refractivity contribution is 5.86. The van der Waals surface area contributed by atoms with Gasteiger partial charge in [0, 0.05) is 30.5 Å². The molecule has 34 heavy (non-hydrogen) atoms. The van der Waals surface area contributed by atoms with Crippen LogP contribution in [0.2, 0.25) is 0 Å². The van der Waals surface area contributed by atoms with Crippen molar-refractivity contribution in [2.45, 2.75) is 90.8 Å². The maximum Gasteiger partial charge on any atom is 0.408 e. The molecular weight excluding hydrogens is 432 g/mol. The van der Waals surface area contributed by atoms with E-state index in [4.69, 9.17) is 14.2 Å². The lowest BCUT2D eigenvalue weighted by molar-refractivity contribution is -0.189. The van der Waals surface area contributed by atoms with Gasteiger partial charge >= 0.3 is 6.09 Å². The van der Waals surface area contributed by atoms with Gasteiger partial charge in [0.1, 0.15) is 23.0 Å². The minimum Gasteiger partial charge on any atom is -0.487 e. The number of ether oxygens (including phenoxy) is 3. The molecule has 7 nitrogen and oxygen atoms in total. The van der Waals surface area contributed by atoms with Crippen molar-refractivity contribution in [2.75, 3.05) is 13.1 Å². The van der Waals surface area contributed by atoms with Crippen LogP contribution in [0.1, 0.15) is 73.0 Å². The Morgan fingerprint density at radius 3 is 2.59 bits per heavy atom. The molecule has 3 aliphatic rings. The van der Waals surface area contributed by atoms with Gasteiger partial charge in [-0.25, -0.2) is 4.79 Å². The molecule has 0 radical (unpaired) electrons. The summed E-state index contributed by atoms with van der Waals surface area (Å²) >= 11 is 0. The topological polar surface area (TPSA) is 77.1 Å². The number of fused-ring (bicyclic) bond motifs is 4. The Hall–Kier alpha value is -2.28. The fraction of sp³-hybridized carbons (Fsp3) is 0.704. The van der Waals surface area contributed by atoms with Crippen molar-refractivity contribution in [3.8, 4) is 5.75 Å². The summed E-state index contributed by atoms with van der Waals surface area (Å²) in [6, 6.07) is 7.55. The SMILES string of the molecule is CC(C)[C@@H](NC(=O)OC(C)(C)C)C(=O)N1CC[C@@H]2O[C@@H]3c4ccccc4OC(C)(C)[C@H]3C[C@@H]2C1. The zero-order chi connectivity index (χ0) is 24.8. The van der Waals surface area contributed by atoms with Crippen molar-refractivity contribution in [1.29, 1.82) is 0 Å². The third-order valence-electron chi connectivity index (χ3n) is 7.32. The lowest BCUT2D eigenvalue weighted by Crippen LogP contribution is -2.59. The summed E-state index contributed by atoms with van der Waals surface area (Å²) in [5, 5.41) is 2.81. The van der Waals surface area contributed by atoms with Crippen LogP contribution in [0.4, 0.5) is 4.79 Å². The summed E-state index contributed by atoms with van der Waals surface area (Å²) in [7, 11) is 0. The van der Waals surface area contributed by atoms with Gasteiger partial charge < -0.3 is 24.4 Å². The number of likely N-dealkylation sites (tertiary alicyclic amines) is 1. The third kappa shape index (κ3) is 5.04. The van der Waals surface area contributed by atoms with E-state index in [1.807, 2.05) is 57.7 Å². The van der Waals surface area contributed by atoms with Crippen LogP contribution in [-0.4, -0.2) is 53.3 Å². The Balaban J connectivity index is 1.46. The molecule has 0 spiro atoms. The molecule has 1 aromatic carbocycles. The lowest BCUT2D eigenvalue weighted by Gasteiger charge is -2.53. The van der Waals surface area contributed by atoms with Gasteiger partial charge in [-0.05, 0) is 59.4 Å². The van der Waals surface area contributed by atoms with Gasteiger partial charge in [-0.3, -0.25) is 4.79 Å². The molecule has 2 saturated heterocycles. The molecule has 0 saturated carbocycles. The number of para-hydroxylation sites is 1. The Labute approximate surface area is 203 Å². The zero-order valence-corrected chi connectivity index (χ0v) is 21.6. The van der Waals surface area contributed by atoms with Crippen molar-refractivity contribution in [3.05, 3.63) is 29.8 Å². The van der Waals surface area contributed by atoms with Crippen LogP contribution in [0.5, 0.6) is 5.75 Å². The summed E-state index contributed by atoms with van der Waals surface area (Å²) in [6.45, 7) is 14.9. The zero-order valence-electron chi connectivity index (χ0n) is 21.6. The molecule has 0 aromatic heterocycles. The first-order chi connectivity index (χ1) is 15.9. The van der Waals surface area contributed by atoms with Crippen LogP contribution in [0.3, 0.4) is 0 Å². The van der Waals surface area contributed by atoms with Crippen LogP contribution in [0.25, 0.3) is 0 Å². The van der Waals surface area contributed by atoms with Gasteiger partial charge in [-0.1, -0.05) is 32.0 Å². The highest BCUT2D eigenvalue weighted by atomic mass is 16.6. The Bertz CT molecular complexity index is 922. The van der Waals surface area contributed by atoms with Crippen molar-refractivity contribution in [3.63, 3.8) is 0 Å². The first-order valence-electron chi connectivity index (χ1n) is 12.6. The lowest BCUT2D eigenvalue weighted by atomic mass is 9.70. The maximum atomic E-state index is 13.5. The minimum atomic E-state index is -0.620. The van der Waals surface area contributed by atoms with Gasteiger partial charge in [-0.2, -0.15) is 0 Å². The Morgan fingerprint density at radius 1 is 1.21 bits per heavy atom. The van der Waals surface area contributed by atoms with E-state index in [1.54, 1.807) is 0 Å². The number of carbonyl (C=O) groups is 2. The van der Waals surface area contributed by atoms with Gasteiger partial charge in [-0.15, -0.1) is 0 Å². The summed E-state index contributed by atoms with van der Waals surface area (Å²) in [4.78, 5) is 27.8. The standard InChI is InChI=1S/C27H40N2O5/c1-16(2)22(28-25(31)34-26(3,4)5)24(30)29-13-12-20-17(15-29)14-19-23(32-20)18-10-8-9-11-21(18)33-27(19,6)7/h8-11,16-17,19-20,22-23H,12-15H2,1-7H3,(H,28,31)/t17-,19+,20+,22-,23-/m1/s1. The molecule has 3 heterocycles. The summed E-state index contributed by atoms with van der Waals surface area (Å²) in [5.41, 5.74) is 0.163. The third-order valence-corrected chi connectivity index (χ3v) is 7.32. The van der Waals surface area contributed by atoms with Gasteiger partial charge in [0.2, 0.25) is 5.91 Å². The fourth-order valence-corrected chi connectivity index (χ4v) is 5.60. The van der Waals surface area contributed by atoms with Crippen LogP contribution in [-0.2, 0) is 14.3 Å². The maximum absolute atomic E-state index is 13.5. The van der Waals surface area contributed by atoms with E-state index >= 15 is 0 Å². The average molecular weight is 473 g/mol. The number of hydrogen-bond acceptors (Lipinski definition) is 5. The van der Waals surface area contributed by atoms with E-state index in [9.17, 15) is 9.59 Å². The number of amides is 2. The molecule has 2 amide bonds. The molecule has 0 unspecified atom stereocenters. The molecule has 4 rings (SSSR count). The first kappa shape index (κ1) is 24.8. The van der Waals surface area contributed by atoms with Gasteiger partial charge in [0.25, 0.3) is 0 Å². The quantitative estimate of drug-likeness (QED) is 0.690. The number of alkyl carbamates (subject to hydrolysis) is 1. The molecule has 188 valence electrons. The smallest absolute Gasteiger partial charge is 0.408 e. The summed E-state index contributed by atoms with van der Waals surface area (Å²) < 4.78 is 18.5. The van der Waals surface area contributed by atoms with Gasteiger partial charge in [0.15, 0.2) is 0 Å². The Kier molecular flexibility index (Phi) is 6.62. The van der Waals surface area contributed by atoms with Crippen molar-refractivity contribution in [2.24, 2.45) is 17.8 Å². The average Bonchev–Trinajstić information content (AvgIpc) is 2.74. The van der Waals surface area contributed by atoms with Crippen LogP contribution in [0, 0.1) is 17.8 Å². The number of carbonyl (C=O) groups excluding carboxylic acids is 2. The van der Waals surface area contributed by atoms with Crippen molar-refractivity contribution >= 4 is 12.0 Å². The van der Waals surface area contributed by atoms with E-state index in [0.717, 1.165) is 24.2 Å². The van der Waals surface area contributed by atoms with Crippen molar-refractivity contribution in [1.82, 2.24) is 10.2 Å². The largest absolute Gasteiger partial charge is 0.487 e. The first-order valence-corrected chi connectivity index (χ1v) is 12.6. The second-order valence-corrected chi connectivity index (χ2v) is 11.9. The molecule has 3 aliphatic heterocycles. The Morgan fingerprint density at radius 2 is 1.91 bits per heavy atom. The van der Waals surface area contributed by atoms with E-state index in [0.29, 0.717) is 13.1 Å². The van der Waals surface area contributed by atoms with E-state index < -0.39 is 17.7 Å². The second kappa shape index (κ2) is 9.06. The molecule has 2 fully saturated rings. The number of nitrogens with one attached hydrogen (secondary N) is 1. The van der Waals surface area contributed by atoms with E-state index in [1.165, 1.54) is 0 Å². The molecule has 7 heteroatoms. The second-order valence-electron chi connectivity index (χ2n) is 11.9. The fourth-order valence-electron chi connectivity index (χ4n) is 5.60. The van der Waals surface area contributed by atoms with E-state index in [2.05, 4.69) is 25.2 Å². The predicted octanol–water partition coefficient (Wildman–Crippen LogP) is 4.70.